The summed E-state index contributed by atoms with van der Waals surface area (Å²) in [6.07, 6.45) is 0.842. The van der Waals surface area contributed by atoms with Gasteiger partial charge in [0.2, 0.25) is 0 Å². The molecule has 3 atom stereocenters. The van der Waals surface area contributed by atoms with Gasteiger partial charge in [0.15, 0.2) is 17.3 Å². The number of rotatable bonds is 8. The molecule has 37 heavy (non-hydrogen) atoms. The number of ketones is 1. The molecule has 0 fully saturated rings. The minimum atomic E-state index is -0.804. The van der Waals surface area contributed by atoms with Crippen molar-refractivity contribution in [1.82, 2.24) is 5.32 Å². The van der Waals surface area contributed by atoms with Crippen molar-refractivity contribution in [2.75, 3.05) is 35.0 Å². The highest BCUT2D eigenvalue weighted by Gasteiger charge is 2.46. The highest BCUT2D eigenvalue weighted by atomic mass is 16.5. The third-order valence-electron chi connectivity index (χ3n) is 7.03. The number of Topliss-reactive ketones (excluding diaryl/α,β-unsaturated/α-hetero) is 1. The summed E-state index contributed by atoms with van der Waals surface area (Å²) >= 11 is 0. The number of carbonyl (C=O) groups excluding carboxylic acids is 2. The average molecular weight is 508 g/mol. The van der Waals surface area contributed by atoms with Gasteiger partial charge in [-0.1, -0.05) is 12.6 Å². The molecule has 0 radical (unpaired) electrons. The van der Waals surface area contributed by atoms with Gasteiger partial charge in [-0.2, -0.15) is 0 Å². The highest BCUT2D eigenvalue weighted by molar-refractivity contribution is 6.01. The molecule has 0 saturated heterocycles. The molecular weight excluding hydrogens is 474 g/mol. The van der Waals surface area contributed by atoms with Gasteiger partial charge in [0.1, 0.15) is 17.4 Å². The number of nitrogens with one attached hydrogen (secondary N) is 1. The van der Waals surface area contributed by atoms with E-state index in [9.17, 15) is 9.59 Å². The first kappa shape index (κ1) is 26.1. The monoisotopic (exact) mass is 507 g/mol. The standard InChI is InChI=1S/C29H33NO7/c1-7-37-29(32)26-16(2)30-21-12-18(17-8-10-24(35-5)25(14-17)36-6)13-22(31)28(21)27(26)20-15-19(33-3)9-11-23(20)34-4/h8-11,14-15,18,26-27,30H,2,7,12-13H2,1,3-6H3. The van der Waals surface area contributed by atoms with Crippen LogP contribution in [0.15, 0.2) is 59.9 Å². The predicted molar refractivity (Wildman–Crippen MR) is 138 cm³/mol. The Balaban J connectivity index is 1.83. The van der Waals surface area contributed by atoms with E-state index in [0.717, 1.165) is 11.3 Å². The number of hydrogen-bond donors (Lipinski definition) is 1. The molecule has 0 aromatic heterocycles. The van der Waals surface area contributed by atoms with Crippen LogP contribution in [0.3, 0.4) is 0 Å². The minimum absolute atomic E-state index is 0.0507. The molecule has 1 aliphatic heterocycles. The molecule has 4 rings (SSSR count). The van der Waals surface area contributed by atoms with E-state index in [1.54, 1.807) is 47.5 Å². The van der Waals surface area contributed by atoms with Crippen molar-refractivity contribution >= 4 is 11.8 Å². The summed E-state index contributed by atoms with van der Waals surface area (Å²) in [7, 11) is 6.30. The molecule has 2 aliphatic rings. The van der Waals surface area contributed by atoms with Gasteiger partial charge in [0.05, 0.1) is 35.0 Å². The van der Waals surface area contributed by atoms with Crippen LogP contribution in [-0.2, 0) is 14.3 Å². The van der Waals surface area contributed by atoms with Crippen molar-refractivity contribution in [3.8, 4) is 23.0 Å². The fourth-order valence-corrected chi connectivity index (χ4v) is 5.32. The summed E-state index contributed by atoms with van der Waals surface area (Å²) in [6, 6.07) is 11.1. The molecule has 1 N–H and O–H groups in total. The van der Waals surface area contributed by atoms with Crippen LogP contribution in [0.2, 0.25) is 0 Å². The van der Waals surface area contributed by atoms with Gasteiger partial charge < -0.3 is 29.0 Å². The number of methoxy groups -OCH3 is 4. The van der Waals surface area contributed by atoms with E-state index in [4.69, 9.17) is 23.7 Å². The molecule has 2 aromatic carbocycles. The van der Waals surface area contributed by atoms with Crippen LogP contribution in [0.25, 0.3) is 0 Å². The lowest BCUT2D eigenvalue weighted by atomic mass is 9.68. The molecule has 0 saturated carbocycles. The lowest BCUT2D eigenvalue weighted by Gasteiger charge is -2.40. The molecule has 196 valence electrons. The van der Waals surface area contributed by atoms with Crippen molar-refractivity contribution in [1.29, 1.82) is 0 Å². The van der Waals surface area contributed by atoms with Crippen LogP contribution in [0, 0.1) is 5.92 Å². The number of allylic oxidation sites excluding steroid dienone is 2. The van der Waals surface area contributed by atoms with Gasteiger partial charge in [-0.05, 0) is 55.2 Å². The Morgan fingerprint density at radius 2 is 1.65 bits per heavy atom. The average Bonchev–Trinajstić information content (AvgIpc) is 2.91. The summed E-state index contributed by atoms with van der Waals surface area (Å²) in [5.41, 5.74) is 3.42. The molecule has 0 amide bonds. The van der Waals surface area contributed by atoms with Crippen LogP contribution < -0.4 is 24.3 Å². The molecule has 1 heterocycles. The SMILES string of the molecule is C=C1NC2=C(C(=O)CC(c3ccc(OC)c(OC)c3)C2)C(c2cc(OC)ccc2OC)C1C(=O)OCC. The van der Waals surface area contributed by atoms with Crippen LogP contribution in [0.1, 0.15) is 42.7 Å². The number of hydrogen-bond acceptors (Lipinski definition) is 8. The number of ether oxygens (including phenoxy) is 5. The summed E-state index contributed by atoms with van der Waals surface area (Å²) in [4.78, 5) is 27.0. The van der Waals surface area contributed by atoms with Gasteiger partial charge >= 0.3 is 5.97 Å². The van der Waals surface area contributed by atoms with Crippen molar-refractivity contribution in [3.05, 3.63) is 71.1 Å². The zero-order valence-electron chi connectivity index (χ0n) is 21.9. The second-order valence-electron chi connectivity index (χ2n) is 9.00. The second-order valence-corrected chi connectivity index (χ2v) is 9.00. The number of benzene rings is 2. The van der Waals surface area contributed by atoms with Gasteiger partial charge in [-0.15, -0.1) is 0 Å². The topological polar surface area (TPSA) is 92.3 Å². The Kier molecular flexibility index (Phi) is 7.76. The van der Waals surface area contributed by atoms with E-state index in [1.165, 1.54) is 0 Å². The molecule has 8 nitrogen and oxygen atoms in total. The van der Waals surface area contributed by atoms with Gasteiger partial charge in [-0.25, -0.2) is 0 Å². The first-order chi connectivity index (χ1) is 17.9. The summed E-state index contributed by atoms with van der Waals surface area (Å²) < 4.78 is 27.4. The maximum absolute atomic E-state index is 13.9. The van der Waals surface area contributed by atoms with Crippen molar-refractivity contribution < 1.29 is 33.3 Å². The molecule has 8 heteroatoms. The van der Waals surface area contributed by atoms with Gasteiger partial charge in [-0.3, -0.25) is 9.59 Å². The molecule has 0 bridgehead atoms. The van der Waals surface area contributed by atoms with Gasteiger partial charge in [0, 0.05) is 34.9 Å². The lowest BCUT2D eigenvalue weighted by molar-refractivity contribution is -0.147. The highest BCUT2D eigenvalue weighted by Crippen LogP contribution is 2.50. The first-order valence-electron chi connectivity index (χ1n) is 12.2. The van der Waals surface area contributed by atoms with Crippen molar-refractivity contribution in [3.63, 3.8) is 0 Å². The van der Waals surface area contributed by atoms with Crippen molar-refractivity contribution in [2.45, 2.75) is 31.6 Å². The molecular formula is C29H33NO7. The predicted octanol–water partition coefficient (Wildman–Crippen LogP) is 4.50. The van der Waals surface area contributed by atoms with Crippen LogP contribution in [-0.4, -0.2) is 46.8 Å². The Morgan fingerprint density at radius 3 is 2.30 bits per heavy atom. The normalized spacial score (nSPS) is 21.1. The Morgan fingerprint density at radius 1 is 0.946 bits per heavy atom. The third kappa shape index (κ3) is 4.88. The smallest absolute Gasteiger partial charge is 0.315 e. The van der Waals surface area contributed by atoms with E-state index in [1.807, 2.05) is 24.3 Å². The third-order valence-corrected chi connectivity index (χ3v) is 7.03. The first-order valence-corrected chi connectivity index (χ1v) is 12.2. The van der Waals surface area contributed by atoms with E-state index in [0.29, 0.717) is 46.3 Å². The Hall–Kier alpha value is -3.94. The molecule has 3 unspecified atom stereocenters. The summed E-state index contributed by atoms with van der Waals surface area (Å²) in [5.74, 6) is 0.356. The maximum Gasteiger partial charge on any atom is 0.315 e. The van der Waals surface area contributed by atoms with Crippen molar-refractivity contribution in [2.24, 2.45) is 5.92 Å². The fourth-order valence-electron chi connectivity index (χ4n) is 5.32. The van der Waals surface area contributed by atoms with E-state index >= 15 is 0 Å². The van der Waals surface area contributed by atoms with Crippen LogP contribution in [0.5, 0.6) is 23.0 Å². The van der Waals surface area contributed by atoms with E-state index in [-0.39, 0.29) is 24.7 Å². The van der Waals surface area contributed by atoms with E-state index in [2.05, 4.69) is 11.9 Å². The fraction of sp³-hybridized carbons (Fsp3) is 0.379. The quantitative estimate of drug-likeness (QED) is 0.522. The zero-order chi connectivity index (χ0) is 26.7. The Bertz CT molecular complexity index is 1250. The second kappa shape index (κ2) is 11.0. The van der Waals surface area contributed by atoms with Crippen LogP contribution >= 0.6 is 0 Å². The Labute approximate surface area is 217 Å². The number of esters is 1. The number of carbonyl (C=O) groups is 2. The lowest BCUT2D eigenvalue weighted by Crippen LogP contribution is -2.42. The molecule has 2 aromatic rings. The maximum atomic E-state index is 13.9. The van der Waals surface area contributed by atoms with Gasteiger partial charge in [0.25, 0.3) is 0 Å². The molecule has 0 spiro atoms. The zero-order valence-corrected chi connectivity index (χ0v) is 21.9. The largest absolute Gasteiger partial charge is 0.497 e. The molecule has 1 aliphatic carbocycles. The summed E-state index contributed by atoms with van der Waals surface area (Å²) in [5, 5.41) is 3.29. The summed E-state index contributed by atoms with van der Waals surface area (Å²) in [6.45, 7) is 6.14. The van der Waals surface area contributed by atoms with E-state index < -0.39 is 17.8 Å². The minimum Gasteiger partial charge on any atom is -0.497 e. The van der Waals surface area contributed by atoms with Crippen LogP contribution in [0.4, 0.5) is 0 Å².